The fraction of sp³-hybridized carbons (Fsp3) is 0.154. The second-order valence-corrected chi connectivity index (χ2v) is 7.21. The fourth-order valence-electron chi connectivity index (χ4n) is 3.93. The van der Waals surface area contributed by atoms with E-state index in [0.29, 0.717) is 34.9 Å². The van der Waals surface area contributed by atoms with Crippen LogP contribution in [0, 0.1) is 0 Å². The third kappa shape index (κ3) is 3.71. The van der Waals surface area contributed by atoms with Crippen LogP contribution >= 0.6 is 0 Å². The van der Waals surface area contributed by atoms with Gasteiger partial charge in [0, 0.05) is 16.8 Å². The zero-order valence-corrected chi connectivity index (χ0v) is 17.8. The zero-order valence-electron chi connectivity index (χ0n) is 17.8. The molecule has 0 radical (unpaired) electrons. The van der Waals surface area contributed by atoms with Gasteiger partial charge in [-0.25, -0.2) is 0 Å². The highest BCUT2D eigenvalue weighted by atomic mass is 16.5. The second-order valence-electron chi connectivity index (χ2n) is 7.21. The Morgan fingerprint density at radius 1 is 0.969 bits per heavy atom. The van der Waals surface area contributed by atoms with Gasteiger partial charge in [0.2, 0.25) is 0 Å². The highest BCUT2D eigenvalue weighted by molar-refractivity contribution is 6.51. The molecule has 1 unspecified atom stereocenters. The predicted octanol–water partition coefficient (Wildman–Crippen LogP) is 4.72. The molecule has 32 heavy (non-hydrogen) atoms. The van der Waals surface area contributed by atoms with E-state index in [1.807, 2.05) is 19.1 Å². The number of ketones is 1. The predicted molar refractivity (Wildman–Crippen MR) is 122 cm³/mol. The molecule has 0 bridgehead atoms. The fourth-order valence-corrected chi connectivity index (χ4v) is 3.93. The summed E-state index contributed by atoms with van der Waals surface area (Å²) in [6.45, 7) is 2.32. The number of methoxy groups -OCH3 is 1. The number of aliphatic hydroxyl groups is 1. The molecule has 1 aliphatic rings. The zero-order chi connectivity index (χ0) is 22.7. The number of hydrogen-bond acceptors (Lipinski definition) is 5. The molecule has 1 fully saturated rings. The molecular weight excluding hydrogens is 406 g/mol. The number of Topliss-reactive ketones (excluding diaryl/α,β-unsaturated/α-hetero) is 1. The van der Waals surface area contributed by atoms with E-state index in [0.717, 1.165) is 0 Å². The molecule has 1 amide bonds. The van der Waals surface area contributed by atoms with Crippen LogP contribution in [0.2, 0.25) is 0 Å². The van der Waals surface area contributed by atoms with Crippen LogP contribution in [-0.2, 0) is 9.59 Å². The quantitative estimate of drug-likeness (QED) is 0.349. The first-order valence-electron chi connectivity index (χ1n) is 10.3. The number of rotatable bonds is 6. The summed E-state index contributed by atoms with van der Waals surface area (Å²) in [5, 5.41) is 11.2. The van der Waals surface area contributed by atoms with E-state index in [-0.39, 0.29) is 11.3 Å². The SMILES string of the molecule is CCOc1cccc(/C(O)=C2/C(=O)C(=O)N(c3ccccc3)C2c2ccccc2OC)c1. The van der Waals surface area contributed by atoms with Crippen molar-refractivity contribution in [3.63, 3.8) is 0 Å². The Balaban J connectivity index is 1.95. The number of aliphatic hydroxyl groups excluding tert-OH is 1. The van der Waals surface area contributed by atoms with Crippen molar-refractivity contribution in [3.05, 3.63) is 95.6 Å². The average Bonchev–Trinajstić information content (AvgIpc) is 3.09. The van der Waals surface area contributed by atoms with Gasteiger partial charge < -0.3 is 14.6 Å². The molecule has 1 N–H and O–H groups in total. The van der Waals surface area contributed by atoms with Gasteiger partial charge in [-0.15, -0.1) is 0 Å². The molecule has 1 atom stereocenters. The minimum absolute atomic E-state index is 0.00278. The lowest BCUT2D eigenvalue weighted by Crippen LogP contribution is -2.29. The number of hydrogen-bond donors (Lipinski definition) is 1. The smallest absolute Gasteiger partial charge is 0.300 e. The lowest BCUT2D eigenvalue weighted by atomic mass is 9.94. The van der Waals surface area contributed by atoms with Crippen molar-refractivity contribution in [2.24, 2.45) is 0 Å². The van der Waals surface area contributed by atoms with Gasteiger partial charge in [-0.1, -0.05) is 48.5 Å². The molecule has 3 aromatic carbocycles. The normalized spacial score (nSPS) is 17.4. The molecule has 1 heterocycles. The highest BCUT2D eigenvalue weighted by Gasteiger charge is 2.47. The minimum atomic E-state index is -0.857. The largest absolute Gasteiger partial charge is 0.507 e. The van der Waals surface area contributed by atoms with Gasteiger partial charge in [-0.2, -0.15) is 0 Å². The first-order valence-corrected chi connectivity index (χ1v) is 10.3. The van der Waals surface area contributed by atoms with Gasteiger partial charge in [0.15, 0.2) is 0 Å². The lowest BCUT2D eigenvalue weighted by Gasteiger charge is -2.26. The van der Waals surface area contributed by atoms with Crippen molar-refractivity contribution in [2.75, 3.05) is 18.6 Å². The third-order valence-corrected chi connectivity index (χ3v) is 5.33. The van der Waals surface area contributed by atoms with Crippen LogP contribution in [0.15, 0.2) is 84.4 Å². The number of benzene rings is 3. The van der Waals surface area contributed by atoms with Gasteiger partial charge in [0.1, 0.15) is 17.3 Å². The van der Waals surface area contributed by atoms with Gasteiger partial charge in [-0.3, -0.25) is 14.5 Å². The Morgan fingerprint density at radius 2 is 1.69 bits per heavy atom. The summed E-state index contributed by atoms with van der Waals surface area (Å²) in [4.78, 5) is 27.8. The molecule has 6 nitrogen and oxygen atoms in total. The van der Waals surface area contributed by atoms with Crippen LogP contribution in [0.5, 0.6) is 11.5 Å². The summed E-state index contributed by atoms with van der Waals surface area (Å²) in [6.07, 6.45) is 0. The van der Waals surface area contributed by atoms with Crippen LogP contribution < -0.4 is 14.4 Å². The van der Waals surface area contributed by atoms with Gasteiger partial charge in [-0.05, 0) is 37.3 Å². The van der Waals surface area contributed by atoms with E-state index in [9.17, 15) is 14.7 Å². The Labute approximate surface area is 186 Å². The van der Waals surface area contributed by atoms with Crippen molar-refractivity contribution < 1.29 is 24.2 Å². The maximum Gasteiger partial charge on any atom is 0.300 e. The Kier molecular flexibility index (Phi) is 5.94. The maximum absolute atomic E-state index is 13.2. The molecule has 0 aliphatic carbocycles. The summed E-state index contributed by atoms with van der Waals surface area (Å²) >= 11 is 0. The lowest BCUT2D eigenvalue weighted by molar-refractivity contribution is -0.132. The van der Waals surface area contributed by atoms with Crippen molar-refractivity contribution in [2.45, 2.75) is 13.0 Å². The van der Waals surface area contributed by atoms with Crippen molar-refractivity contribution in [3.8, 4) is 11.5 Å². The number of nitrogens with zero attached hydrogens (tertiary/aromatic N) is 1. The highest BCUT2D eigenvalue weighted by Crippen LogP contribution is 2.44. The van der Waals surface area contributed by atoms with Crippen LogP contribution in [0.25, 0.3) is 5.76 Å². The average molecular weight is 429 g/mol. The van der Waals surface area contributed by atoms with Crippen LogP contribution in [0.4, 0.5) is 5.69 Å². The van der Waals surface area contributed by atoms with Gasteiger partial charge >= 0.3 is 0 Å². The molecule has 162 valence electrons. The molecule has 0 spiro atoms. The molecule has 1 aliphatic heterocycles. The number of amides is 1. The monoisotopic (exact) mass is 429 g/mol. The Bertz CT molecular complexity index is 1190. The van der Waals surface area contributed by atoms with Crippen LogP contribution in [-0.4, -0.2) is 30.5 Å². The molecule has 6 heteroatoms. The maximum atomic E-state index is 13.2. The number of ether oxygens (including phenoxy) is 2. The topological polar surface area (TPSA) is 76.1 Å². The molecule has 0 aromatic heterocycles. The van der Waals surface area contributed by atoms with E-state index in [1.54, 1.807) is 66.7 Å². The number of carbonyl (C=O) groups excluding carboxylic acids is 2. The summed E-state index contributed by atoms with van der Waals surface area (Å²) < 4.78 is 11.1. The molecule has 1 saturated heterocycles. The van der Waals surface area contributed by atoms with Crippen LogP contribution in [0.1, 0.15) is 24.1 Å². The standard InChI is InChI=1S/C26H23NO5/c1-3-32-19-13-9-10-17(16-19)24(28)22-23(20-14-7-8-15-21(20)31-2)27(26(30)25(22)29)18-11-5-4-6-12-18/h4-16,23,28H,3H2,1-2H3/b24-22-. The van der Waals surface area contributed by atoms with Gasteiger partial charge in [0.05, 0.1) is 25.3 Å². The van der Waals surface area contributed by atoms with Crippen molar-refractivity contribution in [1.82, 2.24) is 0 Å². The van der Waals surface area contributed by atoms with Crippen LogP contribution in [0.3, 0.4) is 0 Å². The molecule has 0 saturated carbocycles. The Hall–Kier alpha value is -4.06. The van der Waals surface area contributed by atoms with E-state index >= 15 is 0 Å². The summed E-state index contributed by atoms with van der Waals surface area (Å²) in [5.74, 6) is -0.671. The summed E-state index contributed by atoms with van der Waals surface area (Å²) in [5.41, 5.74) is 1.53. The number of para-hydroxylation sites is 2. The number of carbonyl (C=O) groups is 2. The molecule has 4 rings (SSSR count). The minimum Gasteiger partial charge on any atom is -0.507 e. The van der Waals surface area contributed by atoms with E-state index in [4.69, 9.17) is 9.47 Å². The van der Waals surface area contributed by atoms with E-state index in [1.165, 1.54) is 12.0 Å². The second kappa shape index (κ2) is 8.98. The first-order chi connectivity index (χ1) is 15.6. The van der Waals surface area contributed by atoms with Crippen molar-refractivity contribution >= 4 is 23.1 Å². The summed E-state index contributed by atoms with van der Waals surface area (Å²) in [7, 11) is 1.53. The Morgan fingerprint density at radius 3 is 2.41 bits per heavy atom. The van der Waals surface area contributed by atoms with Crippen molar-refractivity contribution in [1.29, 1.82) is 0 Å². The summed E-state index contributed by atoms with van der Waals surface area (Å²) in [6, 6.07) is 22.0. The van der Waals surface area contributed by atoms with Gasteiger partial charge in [0.25, 0.3) is 11.7 Å². The van der Waals surface area contributed by atoms with E-state index in [2.05, 4.69) is 0 Å². The molecule has 3 aromatic rings. The molecular formula is C26H23NO5. The first kappa shape index (κ1) is 21.2. The number of anilines is 1. The third-order valence-electron chi connectivity index (χ3n) is 5.33. The van der Waals surface area contributed by atoms with E-state index < -0.39 is 17.7 Å².